The van der Waals surface area contributed by atoms with Crippen LogP contribution in [0.3, 0.4) is 0 Å². The lowest BCUT2D eigenvalue weighted by molar-refractivity contribution is -0.141. The van der Waals surface area contributed by atoms with Gasteiger partial charge in [0.2, 0.25) is 5.91 Å². The minimum atomic E-state index is -0.901. The molecule has 2 atom stereocenters. The van der Waals surface area contributed by atoms with Gasteiger partial charge >= 0.3 is 12.1 Å². The molecule has 3 fully saturated rings. The predicted molar refractivity (Wildman–Crippen MR) is 128 cm³/mol. The van der Waals surface area contributed by atoms with Gasteiger partial charge in [0.1, 0.15) is 12.1 Å². The van der Waals surface area contributed by atoms with Crippen LogP contribution in [0.4, 0.5) is 15.3 Å². The Kier molecular flexibility index (Phi) is 6.55. The number of nitrogens with one attached hydrogen (secondary N) is 3. The van der Waals surface area contributed by atoms with Crippen molar-refractivity contribution in [3.63, 3.8) is 0 Å². The molecule has 2 aliphatic heterocycles. The van der Waals surface area contributed by atoms with Gasteiger partial charge in [0, 0.05) is 24.8 Å². The van der Waals surface area contributed by atoms with Gasteiger partial charge in [-0.25, -0.2) is 9.59 Å². The Bertz CT molecular complexity index is 957. The Morgan fingerprint density at radius 2 is 1.76 bits per heavy atom. The quantitative estimate of drug-likeness (QED) is 0.589. The molecule has 1 aromatic carbocycles. The summed E-state index contributed by atoms with van der Waals surface area (Å²) in [6, 6.07) is 8.42. The van der Waals surface area contributed by atoms with E-state index in [0.29, 0.717) is 44.7 Å². The summed E-state index contributed by atoms with van der Waals surface area (Å²) in [7, 11) is 0. The highest BCUT2D eigenvalue weighted by Gasteiger charge is 2.56. The lowest BCUT2D eigenvalue weighted by Crippen LogP contribution is -2.54. The molecule has 34 heavy (non-hydrogen) atoms. The highest BCUT2D eigenvalue weighted by atomic mass is 16.2. The van der Waals surface area contributed by atoms with Crippen LogP contribution >= 0.6 is 0 Å². The monoisotopic (exact) mass is 469 g/mol. The number of nitrogens with zero attached hydrogens (tertiary/aromatic N) is 2. The fraction of sp³-hybridized carbons (Fsp3) is 0.600. The van der Waals surface area contributed by atoms with Crippen molar-refractivity contribution in [2.24, 2.45) is 11.3 Å². The van der Waals surface area contributed by atoms with Crippen LogP contribution in [-0.4, -0.2) is 64.9 Å². The standard InChI is InChI=1S/C25H35N5O4/c1-17-13-24(2,3)16-25(14-17)21(32)30(23(34)28-25)15-20(31)29-11-9-19(10-12-29)27-22(33)26-18-7-5-4-6-8-18/h4-8,17,19H,9-16H2,1-3H3,(H,28,34)(H2,26,27,33). The molecule has 2 heterocycles. The number of hydrogen-bond acceptors (Lipinski definition) is 4. The van der Waals surface area contributed by atoms with Crippen LogP contribution in [0.25, 0.3) is 0 Å². The molecule has 3 aliphatic rings. The molecule has 9 nitrogen and oxygen atoms in total. The number of amides is 6. The van der Waals surface area contributed by atoms with Crippen molar-refractivity contribution in [1.29, 1.82) is 0 Å². The zero-order valence-corrected chi connectivity index (χ0v) is 20.2. The Labute approximate surface area is 200 Å². The highest BCUT2D eigenvalue weighted by Crippen LogP contribution is 2.46. The smallest absolute Gasteiger partial charge is 0.325 e. The number of anilines is 1. The van der Waals surface area contributed by atoms with Crippen LogP contribution in [0.1, 0.15) is 52.9 Å². The van der Waals surface area contributed by atoms with Gasteiger partial charge in [-0.15, -0.1) is 0 Å². The van der Waals surface area contributed by atoms with Gasteiger partial charge in [0.15, 0.2) is 0 Å². The number of urea groups is 2. The Hall–Kier alpha value is -3.10. The molecule has 2 saturated heterocycles. The van der Waals surface area contributed by atoms with Crippen molar-refractivity contribution >= 4 is 29.6 Å². The van der Waals surface area contributed by atoms with E-state index in [-0.39, 0.29) is 35.8 Å². The molecule has 2 unspecified atom stereocenters. The first-order valence-electron chi connectivity index (χ1n) is 12.1. The fourth-order valence-corrected chi connectivity index (χ4v) is 6.03. The second kappa shape index (κ2) is 9.27. The molecule has 4 rings (SSSR count). The molecule has 6 amide bonds. The number of para-hydroxylation sites is 1. The van der Waals surface area contributed by atoms with E-state index in [4.69, 9.17) is 0 Å². The topological polar surface area (TPSA) is 111 Å². The Morgan fingerprint density at radius 1 is 1.09 bits per heavy atom. The summed E-state index contributed by atoms with van der Waals surface area (Å²) in [5.74, 6) is -0.204. The van der Waals surface area contributed by atoms with E-state index in [1.165, 1.54) is 0 Å². The van der Waals surface area contributed by atoms with E-state index in [1.807, 2.05) is 30.3 Å². The van der Waals surface area contributed by atoms with Gasteiger partial charge in [-0.05, 0) is 55.6 Å². The molecule has 0 aromatic heterocycles. The first kappa shape index (κ1) is 24.0. The summed E-state index contributed by atoms with van der Waals surface area (Å²) < 4.78 is 0. The number of rotatable bonds is 4. The number of benzene rings is 1. The number of likely N-dealkylation sites (tertiary alicyclic amines) is 1. The summed E-state index contributed by atoms with van der Waals surface area (Å²) in [5, 5.41) is 8.67. The summed E-state index contributed by atoms with van der Waals surface area (Å²) in [4.78, 5) is 53.9. The van der Waals surface area contributed by atoms with Gasteiger partial charge in [-0.3, -0.25) is 14.5 Å². The van der Waals surface area contributed by atoms with Crippen molar-refractivity contribution in [1.82, 2.24) is 20.4 Å². The first-order chi connectivity index (χ1) is 16.1. The molecule has 3 N–H and O–H groups in total. The molecule has 1 saturated carbocycles. The number of imide groups is 1. The average Bonchev–Trinajstić information content (AvgIpc) is 2.96. The third-order valence-electron chi connectivity index (χ3n) is 7.13. The van der Waals surface area contributed by atoms with Crippen LogP contribution in [-0.2, 0) is 9.59 Å². The second-order valence-corrected chi connectivity index (χ2v) is 10.9. The highest BCUT2D eigenvalue weighted by molar-refractivity contribution is 6.09. The van der Waals surface area contributed by atoms with E-state index in [9.17, 15) is 19.2 Å². The van der Waals surface area contributed by atoms with Crippen LogP contribution in [0.2, 0.25) is 0 Å². The van der Waals surface area contributed by atoms with Gasteiger partial charge in [0.25, 0.3) is 5.91 Å². The third kappa shape index (κ3) is 5.18. The molecule has 0 bridgehead atoms. The fourth-order valence-electron chi connectivity index (χ4n) is 6.03. The molecule has 1 spiro atoms. The van der Waals surface area contributed by atoms with Gasteiger partial charge in [-0.2, -0.15) is 0 Å². The van der Waals surface area contributed by atoms with Crippen LogP contribution in [0, 0.1) is 11.3 Å². The zero-order chi connectivity index (χ0) is 24.5. The maximum absolute atomic E-state index is 13.3. The third-order valence-corrected chi connectivity index (χ3v) is 7.13. The van der Waals surface area contributed by atoms with Crippen LogP contribution in [0.15, 0.2) is 30.3 Å². The van der Waals surface area contributed by atoms with Crippen molar-refractivity contribution in [3.05, 3.63) is 30.3 Å². The Balaban J connectivity index is 1.28. The average molecular weight is 470 g/mol. The maximum Gasteiger partial charge on any atom is 0.325 e. The summed E-state index contributed by atoms with van der Waals surface area (Å²) in [5.41, 5.74) is -0.237. The maximum atomic E-state index is 13.3. The number of hydrogen-bond donors (Lipinski definition) is 3. The second-order valence-electron chi connectivity index (χ2n) is 10.9. The lowest BCUT2D eigenvalue weighted by Gasteiger charge is -2.43. The summed E-state index contributed by atoms with van der Waals surface area (Å²) >= 11 is 0. The van der Waals surface area contributed by atoms with E-state index in [1.54, 1.807) is 4.90 Å². The molecule has 0 radical (unpaired) electrons. The normalized spacial score (nSPS) is 27.0. The minimum absolute atomic E-state index is 0.0429. The van der Waals surface area contributed by atoms with Crippen LogP contribution < -0.4 is 16.0 Å². The van der Waals surface area contributed by atoms with Gasteiger partial charge < -0.3 is 20.9 Å². The molecular formula is C25H35N5O4. The minimum Gasteiger partial charge on any atom is -0.341 e. The van der Waals surface area contributed by atoms with Gasteiger partial charge in [0.05, 0.1) is 0 Å². The lowest BCUT2D eigenvalue weighted by atomic mass is 9.64. The van der Waals surface area contributed by atoms with Crippen molar-refractivity contribution in [2.75, 3.05) is 25.0 Å². The molecule has 184 valence electrons. The van der Waals surface area contributed by atoms with Crippen molar-refractivity contribution < 1.29 is 19.2 Å². The summed E-state index contributed by atoms with van der Waals surface area (Å²) in [6.45, 7) is 7.04. The Morgan fingerprint density at radius 3 is 2.41 bits per heavy atom. The van der Waals surface area contributed by atoms with E-state index in [2.05, 4.69) is 36.7 Å². The van der Waals surface area contributed by atoms with Crippen molar-refractivity contribution in [3.8, 4) is 0 Å². The molecule has 9 heteroatoms. The zero-order valence-electron chi connectivity index (χ0n) is 20.2. The first-order valence-corrected chi connectivity index (χ1v) is 12.1. The molecule has 1 aromatic rings. The largest absolute Gasteiger partial charge is 0.341 e. The number of piperidine rings is 1. The molecular weight excluding hydrogens is 434 g/mol. The van der Waals surface area contributed by atoms with Crippen LogP contribution in [0.5, 0.6) is 0 Å². The predicted octanol–water partition coefficient (Wildman–Crippen LogP) is 2.94. The molecule has 1 aliphatic carbocycles. The van der Waals surface area contributed by atoms with Crippen molar-refractivity contribution in [2.45, 2.75) is 64.5 Å². The van der Waals surface area contributed by atoms with E-state index < -0.39 is 11.6 Å². The van der Waals surface area contributed by atoms with Gasteiger partial charge in [-0.1, -0.05) is 39.0 Å². The number of carbonyl (C=O) groups is 4. The van der Waals surface area contributed by atoms with E-state index >= 15 is 0 Å². The SMILES string of the molecule is CC1CC(C)(C)CC2(C1)NC(=O)N(CC(=O)N1CCC(NC(=O)Nc3ccccc3)CC1)C2=O. The summed E-state index contributed by atoms with van der Waals surface area (Å²) in [6.07, 6.45) is 3.42. The number of carbonyl (C=O) groups excluding carboxylic acids is 4. The van der Waals surface area contributed by atoms with E-state index in [0.717, 1.165) is 17.0 Å².